The number of rotatable bonds is 18. The molecule has 4 bridgehead atoms. The van der Waals surface area contributed by atoms with E-state index in [1.807, 2.05) is 77.1 Å². The van der Waals surface area contributed by atoms with Crippen LogP contribution in [0.15, 0.2) is 64.8 Å². The lowest BCUT2D eigenvalue weighted by atomic mass is 9.48. The maximum atomic E-state index is 14.8. The zero-order valence-electron chi connectivity index (χ0n) is 39.4. The molecule has 5 aliphatic carbocycles. The summed E-state index contributed by atoms with van der Waals surface area (Å²) in [7, 11) is 0. The molecule has 0 radical (unpaired) electrons. The summed E-state index contributed by atoms with van der Waals surface area (Å²) < 4.78 is 5.72. The second kappa shape index (κ2) is 20.7. The molecule has 1 aromatic carbocycles. The fraction of sp³-hybridized carbons (Fsp3) is 0.673. The standard InChI is InChI=1S/C52H76N4O7/c1-32(2)53-47(59)43(18-13-12-17-42-35(5)45(57)33(3)34(4)46(42)58)55-48(60)44-19-14-24-56(44)49(61)40(28-36-15-10-9-11-16-36)20-21-41(54-50(62)63-51(6,7)8)22-23-52-29-37-25-38(30-52)27-39(26-37)31-52/h9-11,15-16,20-21,32,37-41,43-45,57H,12-14,17-19,22-31H2,1-8H3,(H,53,59)(H,54,62)(H,55,60)/b21-20+/t37?,38?,39?,40-,41-,43+,44+,45?,52?/m1/s1. The first-order valence-corrected chi connectivity index (χ1v) is 24.0. The molecule has 4 saturated carbocycles. The molecule has 11 nitrogen and oxygen atoms in total. The molecule has 1 aromatic rings. The molecule has 4 amide bonds. The van der Waals surface area contributed by atoms with E-state index >= 15 is 0 Å². The fourth-order valence-electron chi connectivity index (χ4n) is 11.8. The second-order valence-corrected chi connectivity index (χ2v) is 21.3. The minimum atomic E-state index is -0.822. The van der Waals surface area contributed by atoms with E-state index in [0.717, 1.165) is 36.2 Å². The normalized spacial score (nSPS) is 27.2. The SMILES string of the molecule is CC1=C(C)C(O)C(C)=C(CCCC[C@H](NC(=O)[C@@H]2CCCN2C(=O)[C@H](/C=C/[C@H](CCC23CC4CC(CC(C4)C2)C3)NC(=O)OC(C)(C)C)Cc2ccccc2)C(=O)NC(C)C)C1=O. The topological polar surface area (TPSA) is 154 Å². The van der Waals surface area contributed by atoms with Crippen LogP contribution in [0.2, 0.25) is 0 Å². The Hall–Kier alpha value is -4.25. The molecule has 11 heteroatoms. The van der Waals surface area contributed by atoms with Crippen LogP contribution in [0.1, 0.15) is 151 Å². The molecule has 5 fully saturated rings. The Morgan fingerprint density at radius 2 is 1.54 bits per heavy atom. The molecule has 346 valence electrons. The third kappa shape index (κ3) is 12.5. The van der Waals surface area contributed by atoms with E-state index in [9.17, 15) is 29.1 Å². The Kier molecular flexibility index (Phi) is 15.9. The highest BCUT2D eigenvalue weighted by Gasteiger charge is 2.50. The van der Waals surface area contributed by atoms with Gasteiger partial charge in [-0.3, -0.25) is 19.2 Å². The number of carbonyl (C=O) groups excluding carboxylic acids is 5. The first-order chi connectivity index (χ1) is 29.8. The Labute approximate surface area is 376 Å². The number of amides is 4. The highest BCUT2D eigenvalue weighted by molar-refractivity contribution is 6.10. The summed E-state index contributed by atoms with van der Waals surface area (Å²) >= 11 is 0. The molecule has 1 saturated heterocycles. The number of likely N-dealkylation sites (tertiary alicyclic amines) is 1. The number of ether oxygens (including phenoxy) is 1. The van der Waals surface area contributed by atoms with Crippen LogP contribution in [0, 0.1) is 29.1 Å². The van der Waals surface area contributed by atoms with Crippen LogP contribution in [0.4, 0.5) is 4.79 Å². The van der Waals surface area contributed by atoms with Gasteiger partial charge in [0.15, 0.2) is 5.78 Å². The number of carbonyl (C=O) groups is 5. The molecule has 6 aliphatic rings. The van der Waals surface area contributed by atoms with E-state index in [0.29, 0.717) is 79.2 Å². The van der Waals surface area contributed by atoms with E-state index in [4.69, 9.17) is 4.74 Å². The van der Waals surface area contributed by atoms with Crippen LogP contribution in [-0.2, 0) is 30.3 Å². The summed E-state index contributed by atoms with van der Waals surface area (Å²) in [5.74, 6) is 1.04. The summed E-state index contributed by atoms with van der Waals surface area (Å²) in [5.41, 5.74) is 3.20. The van der Waals surface area contributed by atoms with Crippen LogP contribution in [0.25, 0.3) is 0 Å². The van der Waals surface area contributed by atoms with Crippen molar-refractivity contribution < 1.29 is 33.8 Å². The van der Waals surface area contributed by atoms with Gasteiger partial charge in [0.05, 0.1) is 18.1 Å². The quantitative estimate of drug-likeness (QED) is 0.0853. The average Bonchev–Trinajstić information content (AvgIpc) is 3.71. The zero-order chi connectivity index (χ0) is 45.6. The highest BCUT2D eigenvalue weighted by Crippen LogP contribution is 2.61. The number of unbranched alkanes of at least 4 members (excludes halogenated alkanes) is 1. The Morgan fingerprint density at radius 1 is 0.889 bits per heavy atom. The average molecular weight is 869 g/mol. The monoisotopic (exact) mass is 869 g/mol. The predicted octanol–water partition coefficient (Wildman–Crippen LogP) is 8.45. The van der Waals surface area contributed by atoms with Crippen LogP contribution < -0.4 is 16.0 Å². The number of alkyl carbamates (subject to hydrolysis) is 1. The van der Waals surface area contributed by atoms with Crippen LogP contribution in [0.3, 0.4) is 0 Å². The largest absolute Gasteiger partial charge is 0.444 e. The lowest BCUT2D eigenvalue weighted by Gasteiger charge is -2.57. The Balaban J connectivity index is 1.16. The van der Waals surface area contributed by atoms with Crippen molar-refractivity contribution in [2.45, 2.75) is 188 Å². The number of Topliss-reactive ketones (excluding diaryl/α,β-unsaturated/α-hetero) is 1. The number of nitrogens with zero attached hydrogens (tertiary/aromatic N) is 1. The third-order valence-electron chi connectivity index (χ3n) is 14.6. The molecule has 1 aliphatic heterocycles. The van der Waals surface area contributed by atoms with Gasteiger partial charge in [0.25, 0.3) is 0 Å². The zero-order valence-corrected chi connectivity index (χ0v) is 39.4. The second-order valence-electron chi connectivity index (χ2n) is 21.3. The van der Waals surface area contributed by atoms with Crippen LogP contribution in [0.5, 0.6) is 0 Å². The van der Waals surface area contributed by atoms with E-state index in [1.165, 1.54) is 38.5 Å². The third-order valence-corrected chi connectivity index (χ3v) is 14.6. The van der Waals surface area contributed by atoms with Crippen molar-refractivity contribution >= 4 is 29.6 Å². The smallest absolute Gasteiger partial charge is 0.408 e. The Morgan fingerprint density at radius 3 is 2.16 bits per heavy atom. The number of benzene rings is 1. The van der Waals surface area contributed by atoms with Crippen molar-refractivity contribution in [2.24, 2.45) is 29.1 Å². The van der Waals surface area contributed by atoms with Gasteiger partial charge in [0.1, 0.15) is 17.7 Å². The fourth-order valence-corrected chi connectivity index (χ4v) is 11.8. The molecule has 1 heterocycles. The summed E-state index contributed by atoms with van der Waals surface area (Å²) in [5, 5.41) is 19.8. The minimum Gasteiger partial charge on any atom is -0.444 e. The van der Waals surface area contributed by atoms with Gasteiger partial charge in [0, 0.05) is 18.2 Å². The van der Waals surface area contributed by atoms with Gasteiger partial charge >= 0.3 is 6.09 Å². The summed E-state index contributed by atoms with van der Waals surface area (Å²) in [4.78, 5) is 70.5. The van der Waals surface area contributed by atoms with Gasteiger partial charge in [-0.15, -0.1) is 0 Å². The first kappa shape index (κ1) is 48.2. The van der Waals surface area contributed by atoms with Gasteiger partial charge in [-0.05, 0) is 191 Å². The highest BCUT2D eigenvalue weighted by atomic mass is 16.6. The van der Waals surface area contributed by atoms with Gasteiger partial charge in [-0.25, -0.2) is 4.79 Å². The number of nitrogens with one attached hydrogen (secondary N) is 3. The number of hydrogen-bond donors (Lipinski definition) is 4. The number of allylic oxidation sites excluding steroid dienone is 2. The summed E-state index contributed by atoms with van der Waals surface area (Å²) in [6.45, 7) is 15.1. The molecule has 0 aromatic heterocycles. The molecule has 1 unspecified atom stereocenters. The van der Waals surface area contributed by atoms with Crippen molar-refractivity contribution in [2.75, 3.05) is 6.54 Å². The van der Waals surface area contributed by atoms with Gasteiger partial charge < -0.3 is 30.7 Å². The molecule has 7 rings (SSSR count). The molecular formula is C52H76N4O7. The molecule has 4 N–H and O–H groups in total. The first-order valence-electron chi connectivity index (χ1n) is 24.0. The summed E-state index contributed by atoms with van der Waals surface area (Å²) in [6.07, 6.45) is 16.0. The number of aliphatic hydroxyl groups excluding tert-OH is 1. The van der Waals surface area contributed by atoms with Crippen LogP contribution >= 0.6 is 0 Å². The van der Waals surface area contributed by atoms with Crippen molar-refractivity contribution in [3.8, 4) is 0 Å². The maximum absolute atomic E-state index is 14.8. The van der Waals surface area contributed by atoms with Crippen LogP contribution in [-0.4, -0.2) is 82.0 Å². The van der Waals surface area contributed by atoms with Crippen molar-refractivity contribution in [1.29, 1.82) is 0 Å². The van der Waals surface area contributed by atoms with Gasteiger partial charge in [-0.1, -0.05) is 48.9 Å². The predicted molar refractivity (Wildman–Crippen MR) is 246 cm³/mol. The lowest BCUT2D eigenvalue weighted by molar-refractivity contribution is -0.141. The summed E-state index contributed by atoms with van der Waals surface area (Å²) in [6, 6.07) is 7.85. The van der Waals surface area contributed by atoms with E-state index in [2.05, 4.69) is 16.0 Å². The van der Waals surface area contributed by atoms with E-state index in [-0.39, 0.29) is 35.6 Å². The maximum Gasteiger partial charge on any atom is 0.408 e. The number of ketones is 1. The van der Waals surface area contributed by atoms with Gasteiger partial charge in [-0.2, -0.15) is 0 Å². The molecule has 5 atom stereocenters. The van der Waals surface area contributed by atoms with Crippen molar-refractivity contribution in [1.82, 2.24) is 20.9 Å². The molecular weight excluding hydrogens is 793 g/mol. The van der Waals surface area contributed by atoms with Crippen molar-refractivity contribution in [3.05, 3.63) is 70.3 Å². The minimum absolute atomic E-state index is 0.0449. The van der Waals surface area contributed by atoms with Crippen molar-refractivity contribution in [3.63, 3.8) is 0 Å². The molecule has 0 spiro atoms. The van der Waals surface area contributed by atoms with E-state index in [1.54, 1.807) is 25.7 Å². The number of hydrogen-bond acceptors (Lipinski definition) is 7. The van der Waals surface area contributed by atoms with E-state index < -0.39 is 35.8 Å². The van der Waals surface area contributed by atoms with Gasteiger partial charge in [0.2, 0.25) is 17.7 Å². The number of aliphatic hydroxyl groups is 1. The molecule has 63 heavy (non-hydrogen) atoms. The lowest BCUT2D eigenvalue weighted by Crippen LogP contribution is -2.54. The Bertz CT molecular complexity index is 1890.